The van der Waals surface area contributed by atoms with Crippen LogP contribution in [0, 0.1) is 6.92 Å². The maximum Gasteiger partial charge on any atom is 0.259 e. The molecule has 0 spiro atoms. The third kappa shape index (κ3) is 5.83. The zero-order chi connectivity index (χ0) is 32.7. The lowest BCUT2D eigenvalue weighted by molar-refractivity contribution is 0.0658. The van der Waals surface area contributed by atoms with E-state index >= 15 is 0 Å². The van der Waals surface area contributed by atoms with E-state index in [0.717, 1.165) is 59.0 Å². The van der Waals surface area contributed by atoms with Gasteiger partial charge in [0.2, 0.25) is 0 Å². The summed E-state index contributed by atoms with van der Waals surface area (Å²) in [5, 5.41) is 3.44. The Morgan fingerprint density at radius 2 is 1.53 bits per heavy atom. The average molecular weight is 625 g/mol. The number of nitrogens with zero attached hydrogens (tertiary/aromatic N) is 3. The van der Waals surface area contributed by atoms with Gasteiger partial charge in [0.15, 0.2) is 0 Å². The van der Waals surface area contributed by atoms with Gasteiger partial charge in [-0.2, -0.15) is 0 Å². The van der Waals surface area contributed by atoms with Crippen molar-refractivity contribution in [2.24, 2.45) is 7.05 Å². The third-order valence-electron chi connectivity index (χ3n) is 9.79. The zero-order valence-electron chi connectivity index (χ0n) is 27.4. The molecule has 7 nitrogen and oxygen atoms in total. The van der Waals surface area contributed by atoms with Crippen molar-refractivity contribution < 1.29 is 14.3 Å². The van der Waals surface area contributed by atoms with Gasteiger partial charge in [-0.15, -0.1) is 0 Å². The second-order valence-corrected chi connectivity index (χ2v) is 12.7. The molecule has 1 atom stereocenters. The minimum Gasteiger partial charge on any atom is -0.489 e. The van der Waals surface area contributed by atoms with Crippen molar-refractivity contribution >= 4 is 17.5 Å². The number of ether oxygens (including phenoxy) is 1. The molecule has 4 aromatic carbocycles. The number of benzene rings is 4. The molecule has 47 heavy (non-hydrogen) atoms. The second-order valence-electron chi connectivity index (χ2n) is 12.7. The number of hydrogen-bond acceptors (Lipinski definition) is 4. The first-order valence-corrected chi connectivity index (χ1v) is 16.2. The predicted molar refractivity (Wildman–Crippen MR) is 186 cm³/mol. The van der Waals surface area contributed by atoms with Crippen LogP contribution in [0.4, 0.5) is 5.69 Å². The summed E-state index contributed by atoms with van der Waals surface area (Å²) in [5.74, 6) is 0.654. The third-order valence-corrected chi connectivity index (χ3v) is 9.79. The molecule has 7 rings (SSSR count). The zero-order valence-corrected chi connectivity index (χ0v) is 27.4. The van der Waals surface area contributed by atoms with Crippen molar-refractivity contribution in [3.8, 4) is 17.0 Å². The lowest BCUT2D eigenvalue weighted by Crippen LogP contribution is -2.42. The Morgan fingerprint density at radius 3 is 2.28 bits per heavy atom. The van der Waals surface area contributed by atoms with Crippen LogP contribution in [-0.2, 0) is 39.7 Å². The summed E-state index contributed by atoms with van der Waals surface area (Å²) in [5.41, 5.74) is 10.5. The van der Waals surface area contributed by atoms with Crippen LogP contribution in [0.3, 0.4) is 0 Å². The van der Waals surface area contributed by atoms with Gasteiger partial charge in [0.05, 0.1) is 5.56 Å². The monoisotopic (exact) mass is 624 g/mol. The Kier molecular flexibility index (Phi) is 8.16. The average Bonchev–Trinajstić information content (AvgIpc) is 3.69. The topological polar surface area (TPSA) is 66.8 Å². The Labute approximate surface area is 276 Å². The largest absolute Gasteiger partial charge is 0.489 e. The molecule has 0 saturated carbocycles. The maximum atomic E-state index is 14.4. The SMILES string of the molecule is Cc1c(C(=O)N(C)c2ccc(OCc3ccccc3)cc2)cc(-c2cc3c(cc2C(=O)N2Cc4ccccc4C[C@H]2C)CNC3)n1C. The highest BCUT2D eigenvalue weighted by Crippen LogP contribution is 2.35. The molecule has 3 heterocycles. The highest BCUT2D eigenvalue weighted by molar-refractivity contribution is 6.08. The summed E-state index contributed by atoms with van der Waals surface area (Å²) in [6.07, 6.45) is 0.831. The van der Waals surface area contributed by atoms with E-state index in [4.69, 9.17) is 4.74 Å². The molecule has 0 fully saturated rings. The molecule has 1 N–H and O–H groups in total. The number of carbonyl (C=O) groups excluding carboxylic acids is 2. The van der Waals surface area contributed by atoms with Crippen LogP contribution in [-0.4, -0.2) is 34.4 Å². The van der Waals surface area contributed by atoms with Crippen LogP contribution in [0.1, 0.15) is 61.2 Å². The van der Waals surface area contributed by atoms with E-state index < -0.39 is 0 Å². The van der Waals surface area contributed by atoms with E-state index in [1.165, 1.54) is 16.7 Å². The quantitative estimate of drug-likeness (QED) is 0.211. The van der Waals surface area contributed by atoms with E-state index in [1.807, 2.05) is 90.2 Å². The number of hydrogen-bond donors (Lipinski definition) is 1. The molecule has 238 valence electrons. The first-order valence-electron chi connectivity index (χ1n) is 16.2. The molecule has 2 amide bonds. The second kappa shape index (κ2) is 12.6. The summed E-state index contributed by atoms with van der Waals surface area (Å²) in [4.78, 5) is 32.0. The van der Waals surface area contributed by atoms with Gasteiger partial charge in [0, 0.05) is 68.0 Å². The number of fused-ring (bicyclic) bond motifs is 2. The van der Waals surface area contributed by atoms with Gasteiger partial charge in [-0.3, -0.25) is 9.59 Å². The molecule has 0 aliphatic carbocycles. The van der Waals surface area contributed by atoms with Crippen molar-refractivity contribution in [2.75, 3.05) is 11.9 Å². The van der Waals surface area contributed by atoms with Gasteiger partial charge in [-0.25, -0.2) is 0 Å². The maximum absolute atomic E-state index is 14.4. The van der Waals surface area contributed by atoms with Gasteiger partial charge < -0.3 is 24.4 Å². The van der Waals surface area contributed by atoms with Crippen molar-refractivity contribution in [1.29, 1.82) is 0 Å². The summed E-state index contributed by atoms with van der Waals surface area (Å²) in [6.45, 7) is 6.66. The summed E-state index contributed by atoms with van der Waals surface area (Å²) in [6, 6.07) is 32.3. The first kappa shape index (κ1) is 30.5. The van der Waals surface area contributed by atoms with E-state index in [0.29, 0.717) is 24.3 Å². The van der Waals surface area contributed by atoms with E-state index in [9.17, 15) is 9.59 Å². The molecule has 0 saturated heterocycles. The van der Waals surface area contributed by atoms with Gasteiger partial charge in [0.1, 0.15) is 12.4 Å². The van der Waals surface area contributed by atoms with Crippen molar-refractivity contribution in [2.45, 2.75) is 52.6 Å². The van der Waals surface area contributed by atoms with Gasteiger partial charge in [-0.1, -0.05) is 54.6 Å². The van der Waals surface area contributed by atoms with Crippen LogP contribution >= 0.6 is 0 Å². The standard InChI is InChI=1S/C40H40N4O3/c1-26-18-29-12-8-9-13-30(29)24-44(26)40(46)37-20-32-23-41-22-31(32)19-36(37)38-21-35(27(2)42(38)3)39(45)43(4)33-14-16-34(17-15-33)47-25-28-10-6-5-7-11-28/h5-17,19-21,26,41H,18,22-25H2,1-4H3/t26-/m1/s1. The lowest BCUT2D eigenvalue weighted by Gasteiger charge is -2.35. The van der Waals surface area contributed by atoms with Crippen molar-refractivity contribution in [3.63, 3.8) is 0 Å². The predicted octanol–water partition coefficient (Wildman–Crippen LogP) is 7.05. The lowest BCUT2D eigenvalue weighted by atomic mass is 9.92. The Morgan fingerprint density at radius 1 is 0.851 bits per heavy atom. The number of aromatic nitrogens is 1. The smallest absolute Gasteiger partial charge is 0.259 e. The van der Waals surface area contributed by atoms with Gasteiger partial charge in [-0.05, 0) is 90.6 Å². The van der Waals surface area contributed by atoms with Crippen LogP contribution in [0.2, 0.25) is 0 Å². The van der Waals surface area contributed by atoms with Crippen molar-refractivity contribution in [1.82, 2.24) is 14.8 Å². The Hall–Kier alpha value is -5.14. The number of nitrogens with one attached hydrogen (secondary N) is 1. The van der Waals surface area contributed by atoms with Crippen molar-refractivity contribution in [3.05, 3.63) is 142 Å². The molecular formula is C40H40N4O3. The molecule has 1 aromatic heterocycles. The van der Waals surface area contributed by atoms with Crippen LogP contribution < -0.4 is 15.0 Å². The Bertz CT molecular complexity index is 1960. The molecule has 7 heteroatoms. The Balaban J connectivity index is 1.17. The highest BCUT2D eigenvalue weighted by Gasteiger charge is 2.31. The number of anilines is 1. The van der Waals surface area contributed by atoms with Crippen LogP contribution in [0.5, 0.6) is 5.75 Å². The highest BCUT2D eigenvalue weighted by atomic mass is 16.5. The first-order chi connectivity index (χ1) is 22.8. The fourth-order valence-corrected chi connectivity index (χ4v) is 6.82. The van der Waals surface area contributed by atoms with Gasteiger partial charge in [0.25, 0.3) is 11.8 Å². The molecule has 2 aliphatic rings. The minimum atomic E-state index is -0.112. The van der Waals surface area contributed by atoms with E-state index in [-0.39, 0.29) is 17.9 Å². The normalized spacial score (nSPS) is 15.2. The van der Waals surface area contributed by atoms with Gasteiger partial charge >= 0.3 is 0 Å². The van der Waals surface area contributed by atoms with Crippen LogP contribution in [0.15, 0.2) is 97.1 Å². The summed E-state index contributed by atoms with van der Waals surface area (Å²) < 4.78 is 7.99. The number of carbonyl (C=O) groups is 2. The molecule has 0 radical (unpaired) electrons. The number of rotatable bonds is 7. The minimum absolute atomic E-state index is 0.0233. The number of amides is 2. The van der Waals surface area contributed by atoms with E-state index in [2.05, 4.69) is 42.6 Å². The molecular weight excluding hydrogens is 584 g/mol. The van der Waals surface area contributed by atoms with Crippen LogP contribution in [0.25, 0.3) is 11.3 Å². The fraction of sp³-hybridized carbons (Fsp3) is 0.250. The molecule has 5 aromatic rings. The molecule has 2 aliphatic heterocycles. The summed E-state index contributed by atoms with van der Waals surface area (Å²) in [7, 11) is 3.76. The molecule has 0 unspecified atom stereocenters. The molecule has 0 bridgehead atoms. The summed E-state index contributed by atoms with van der Waals surface area (Å²) >= 11 is 0. The fourth-order valence-electron chi connectivity index (χ4n) is 6.82. The van der Waals surface area contributed by atoms with E-state index in [1.54, 1.807) is 11.9 Å².